The van der Waals surface area contributed by atoms with Gasteiger partial charge in [-0.05, 0) is 24.1 Å². The first-order valence-corrected chi connectivity index (χ1v) is 9.44. The highest BCUT2D eigenvalue weighted by atomic mass is 35.5. The molecule has 5 nitrogen and oxygen atoms in total. The summed E-state index contributed by atoms with van der Waals surface area (Å²) in [5, 5.41) is 5.17. The van der Waals surface area contributed by atoms with Crippen molar-refractivity contribution < 1.29 is 0 Å². The number of halogens is 1. The van der Waals surface area contributed by atoms with Gasteiger partial charge in [0.15, 0.2) is 0 Å². The number of aromatic nitrogens is 3. The molecule has 138 valence electrons. The Morgan fingerprint density at radius 3 is 2.59 bits per heavy atom. The van der Waals surface area contributed by atoms with Gasteiger partial charge >= 0.3 is 0 Å². The molecule has 0 saturated carbocycles. The molecular formula is C21H21ClN4O. The van der Waals surface area contributed by atoms with E-state index in [0.29, 0.717) is 5.02 Å². The predicted octanol–water partition coefficient (Wildman–Crippen LogP) is 4.13. The summed E-state index contributed by atoms with van der Waals surface area (Å²) in [6.45, 7) is 2.14. The van der Waals surface area contributed by atoms with Crippen molar-refractivity contribution in [2.75, 3.05) is 0 Å². The normalized spacial score (nSPS) is 15.7. The van der Waals surface area contributed by atoms with E-state index in [9.17, 15) is 4.79 Å². The average molecular weight is 381 g/mol. The van der Waals surface area contributed by atoms with Gasteiger partial charge in [0.25, 0.3) is 5.56 Å². The van der Waals surface area contributed by atoms with Crippen LogP contribution in [0.3, 0.4) is 0 Å². The molecule has 3 aromatic rings. The van der Waals surface area contributed by atoms with E-state index in [1.54, 1.807) is 17.7 Å². The summed E-state index contributed by atoms with van der Waals surface area (Å²) in [5.74, 6) is 0. The first kappa shape index (κ1) is 17.7. The Labute approximate surface area is 162 Å². The number of rotatable bonds is 3. The summed E-state index contributed by atoms with van der Waals surface area (Å²) in [7, 11) is 3.70. The van der Waals surface area contributed by atoms with Gasteiger partial charge in [-0.2, -0.15) is 5.10 Å². The summed E-state index contributed by atoms with van der Waals surface area (Å²) < 4.78 is 3.47. The number of aryl methyl sites for hydroxylation is 2. The third-order valence-corrected chi connectivity index (χ3v) is 5.29. The van der Waals surface area contributed by atoms with Crippen molar-refractivity contribution in [3.8, 4) is 11.1 Å². The molecule has 1 atom stereocenters. The van der Waals surface area contributed by atoms with Crippen LogP contribution in [0, 0.1) is 0 Å². The molecule has 0 fully saturated rings. The number of nitrogens with zero attached hydrogens (tertiary/aromatic N) is 4. The van der Waals surface area contributed by atoms with Crippen LogP contribution >= 0.6 is 11.6 Å². The number of pyridine rings is 1. The number of benzene rings is 1. The second-order valence-corrected chi connectivity index (χ2v) is 7.35. The molecule has 4 rings (SSSR count). The average Bonchev–Trinajstić information content (AvgIpc) is 2.97. The van der Waals surface area contributed by atoms with Crippen LogP contribution in [0.5, 0.6) is 0 Å². The molecule has 0 N–H and O–H groups in total. The maximum atomic E-state index is 12.3. The van der Waals surface area contributed by atoms with Crippen LogP contribution in [0.2, 0.25) is 5.02 Å². The van der Waals surface area contributed by atoms with Gasteiger partial charge in [-0.1, -0.05) is 37.1 Å². The quantitative estimate of drug-likeness (QED) is 0.686. The SMILES string of the molecule is CCCC1N=C(c2ccc(Cl)cc2)c2c(cnn2C)-c2cn(C)c(=O)cc21. The van der Waals surface area contributed by atoms with Crippen molar-refractivity contribution >= 4 is 17.3 Å². The van der Waals surface area contributed by atoms with Crippen LogP contribution in [0.4, 0.5) is 0 Å². The third kappa shape index (κ3) is 3.02. The van der Waals surface area contributed by atoms with E-state index in [-0.39, 0.29) is 11.6 Å². The topological polar surface area (TPSA) is 52.2 Å². The monoisotopic (exact) mass is 380 g/mol. The molecular weight excluding hydrogens is 360 g/mol. The van der Waals surface area contributed by atoms with Crippen molar-refractivity contribution in [3.05, 3.63) is 74.9 Å². The summed E-state index contributed by atoms with van der Waals surface area (Å²) in [5.41, 5.74) is 5.79. The van der Waals surface area contributed by atoms with Crippen molar-refractivity contribution in [3.63, 3.8) is 0 Å². The van der Waals surface area contributed by atoms with E-state index in [1.165, 1.54) is 0 Å². The Bertz CT molecular complexity index is 1090. The molecule has 0 radical (unpaired) electrons. The molecule has 0 aliphatic carbocycles. The summed E-state index contributed by atoms with van der Waals surface area (Å²) in [6.07, 6.45) is 5.61. The second kappa shape index (κ2) is 6.82. The maximum Gasteiger partial charge on any atom is 0.250 e. The van der Waals surface area contributed by atoms with Crippen molar-refractivity contribution in [1.82, 2.24) is 14.3 Å². The molecule has 1 aliphatic heterocycles. The lowest BCUT2D eigenvalue weighted by Crippen LogP contribution is -2.17. The summed E-state index contributed by atoms with van der Waals surface area (Å²) in [4.78, 5) is 17.5. The molecule has 0 amide bonds. The lowest BCUT2D eigenvalue weighted by molar-refractivity contribution is 0.639. The van der Waals surface area contributed by atoms with Crippen LogP contribution in [0.25, 0.3) is 11.1 Å². The molecule has 1 unspecified atom stereocenters. The largest absolute Gasteiger partial charge is 0.318 e. The van der Waals surface area contributed by atoms with Gasteiger partial charge < -0.3 is 4.57 Å². The minimum Gasteiger partial charge on any atom is -0.318 e. The van der Waals surface area contributed by atoms with Crippen molar-refractivity contribution in [1.29, 1.82) is 0 Å². The number of aliphatic imine (C=N–C) groups is 1. The fourth-order valence-electron chi connectivity index (χ4n) is 3.66. The molecule has 6 heteroatoms. The van der Waals surface area contributed by atoms with E-state index in [1.807, 2.05) is 48.4 Å². The standard InChI is InChI=1S/C21H21ClN4O/c1-4-5-18-15-10-19(27)25(2)12-17(15)16-11-23-26(3)21(16)20(24-18)13-6-8-14(22)9-7-13/h6-12,18H,4-5H2,1-3H3. The molecule has 0 saturated heterocycles. The molecule has 0 bridgehead atoms. The van der Waals surface area contributed by atoms with Crippen LogP contribution in [0.15, 0.2) is 52.5 Å². The zero-order valence-corrected chi connectivity index (χ0v) is 16.4. The molecule has 3 heterocycles. The Kier molecular flexibility index (Phi) is 4.48. The first-order chi connectivity index (χ1) is 13.0. The highest BCUT2D eigenvalue weighted by Crippen LogP contribution is 2.38. The van der Waals surface area contributed by atoms with Gasteiger partial charge in [0.1, 0.15) is 0 Å². The Balaban J connectivity index is 2.04. The van der Waals surface area contributed by atoms with Gasteiger partial charge in [-0.3, -0.25) is 14.5 Å². The lowest BCUT2D eigenvalue weighted by atomic mass is 9.95. The predicted molar refractivity (Wildman–Crippen MR) is 109 cm³/mol. The van der Waals surface area contributed by atoms with Gasteiger partial charge in [-0.15, -0.1) is 0 Å². The highest BCUT2D eigenvalue weighted by molar-refractivity contribution is 6.30. The number of hydrogen-bond acceptors (Lipinski definition) is 3. The fraction of sp³-hybridized carbons (Fsp3) is 0.286. The minimum absolute atomic E-state index is 0.0227. The van der Waals surface area contributed by atoms with Crippen molar-refractivity contribution in [2.45, 2.75) is 25.8 Å². The Morgan fingerprint density at radius 1 is 1.15 bits per heavy atom. The van der Waals surface area contributed by atoms with E-state index in [0.717, 1.165) is 46.5 Å². The summed E-state index contributed by atoms with van der Waals surface area (Å²) >= 11 is 6.08. The van der Waals surface area contributed by atoms with E-state index < -0.39 is 0 Å². The first-order valence-electron chi connectivity index (χ1n) is 9.06. The van der Waals surface area contributed by atoms with Gasteiger partial charge in [0, 0.05) is 48.1 Å². The molecule has 1 aliphatic rings. The van der Waals surface area contributed by atoms with Crippen LogP contribution < -0.4 is 5.56 Å². The Hall–Kier alpha value is -2.66. The molecule has 27 heavy (non-hydrogen) atoms. The van der Waals surface area contributed by atoms with Crippen LogP contribution in [0.1, 0.15) is 42.6 Å². The van der Waals surface area contributed by atoms with E-state index in [4.69, 9.17) is 16.6 Å². The maximum absolute atomic E-state index is 12.3. The van der Waals surface area contributed by atoms with Gasteiger partial charge in [0.2, 0.25) is 0 Å². The summed E-state index contributed by atoms with van der Waals surface area (Å²) in [6, 6.07) is 9.36. The molecule has 1 aromatic carbocycles. The number of hydrogen-bond donors (Lipinski definition) is 0. The van der Waals surface area contributed by atoms with Gasteiger partial charge in [0.05, 0.1) is 23.6 Å². The van der Waals surface area contributed by atoms with E-state index >= 15 is 0 Å². The van der Waals surface area contributed by atoms with Crippen LogP contribution in [-0.4, -0.2) is 20.1 Å². The molecule has 2 aromatic heterocycles. The zero-order valence-electron chi connectivity index (χ0n) is 15.6. The minimum atomic E-state index is -0.0722. The van der Waals surface area contributed by atoms with E-state index in [2.05, 4.69) is 12.0 Å². The zero-order chi connectivity index (χ0) is 19.1. The Morgan fingerprint density at radius 2 is 1.89 bits per heavy atom. The highest BCUT2D eigenvalue weighted by Gasteiger charge is 2.28. The lowest BCUT2D eigenvalue weighted by Gasteiger charge is -2.15. The van der Waals surface area contributed by atoms with Crippen LogP contribution in [-0.2, 0) is 14.1 Å². The van der Waals surface area contributed by atoms with Crippen molar-refractivity contribution in [2.24, 2.45) is 19.1 Å². The van der Waals surface area contributed by atoms with Gasteiger partial charge in [-0.25, -0.2) is 0 Å². The second-order valence-electron chi connectivity index (χ2n) is 6.91. The number of fused-ring (bicyclic) bond motifs is 3. The molecule has 0 spiro atoms. The smallest absolute Gasteiger partial charge is 0.250 e. The fourth-order valence-corrected chi connectivity index (χ4v) is 3.79. The third-order valence-electron chi connectivity index (χ3n) is 5.04.